The van der Waals surface area contributed by atoms with E-state index >= 15 is 0 Å². The molecule has 2 atom stereocenters. The van der Waals surface area contributed by atoms with Crippen molar-refractivity contribution in [3.05, 3.63) is 17.2 Å². The Morgan fingerprint density at radius 1 is 1.32 bits per heavy atom. The molecule has 2 heterocycles. The average molecular weight is 302 g/mol. The molecule has 2 N–H and O–H groups in total. The minimum atomic E-state index is -0.00880. The Morgan fingerprint density at radius 2 is 2.14 bits per heavy atom. The van der Waals surface area contributed by atoms with Gasteiger partial charge in [-0.2, -0.15) is 0 Å². The summed E-state index contributed by atoms with van der Waals surface area (Å²) in [5.41, 5.74) is 2.21. The number of nitrogens with one attached hydrogen (secondary N) is 2. The Morgan fingerprint density at radius 3 is 2.91 bits per heavy atom. The lowest BCUT2D eigenvalue weighted by atomic mass is 9.89. The van der Waals surface area contributed by atoms with E-state index in [1.165, 1.54) is 0 Å². The summed E-state index contributed by atoms with van der Waals surface area (Å²) >= 11 is 0. The summed E-state index contributed by atoms with van der Waals surface area (Å²) in [5, 5.41) is 3.09. The number of aromatic nitrogens is 2. The lowest BCUT2D eigenvalue weighted by Crippen LogP contribution is -2.42. The molecule has 0 aromatic carbocycles. The highest BCUT2D eigenvalue weighted by molar-refractivity contribution is 5.83. The molecule has 22 heavy (non-hydrogen) atoms. The van der Waals surface area contributed by atoms with E-state index in [4.69, 9.17) is 0 Å². The third-order valence-electron chi connectivity index (χ3n) is 5.03. The molecule has 6 heteroatoms. The quantitative estimate of drug-likeness (QED) is 0.863. The molecule has 1 saturated carbocycles. The molecule has 2 amide bonds. The Labute approximate surface area is 129 Å². The highest BCUT2D eigenvalue weighted by atomic mass is 16.2. The van der Waals surface area contributed by atoms with Crippen molar-refractivity contribution in [2.45, 2.75) is 57.5 Å². The minimum Gasteiger partial charge on any atom is -0.351 e. The summed E-state index contributed by atoms with van der Waals surface area (Å²) in [6.45, 7) is 2.64. The number of carbonyl (C=O) groups is 2. The number of rotatable bonds is 3. The van der Waals surface area contributed by atoms with Gasteiger partial charge in [-0.1, -0.05) is 0 Å². The Kier molecular flexibility index (Phi) is 3.20. The number of nitrogens with zero attached hydrogens (tertiary/aromatic N) is 2. The third-order valence-corrected chi connectivity index (χ3v) is 5.03. The van der Waals surface area contributed by atoms with Crippen LogP contribution in [0.4, 0.5) is 0 Å². The number of carbonyl (C=O) groups excluding carboxylic acids is 2. The number of imidazole rings is 1. The predicted molar refractivity (Wildman–Crippen MR) is 80.1 cm³/mol. The van der Waals surface area contributed by atoms with Crippen molar-refractivity contribution in [3.8, 4) is 0 Å². The van der Waals surface area contributed by atoms with E-state index in [1.54, 1.807) is 0 Å². The highest BCUT2D eigenvalue weighted by Crippen LogP contribution is 2.31. The number of amides is 2. The monoisotopic (exact) mass is 302 g/mol. The first-order valence-electron chi connectivity index (χ1n) is 8.24. The van der Waals surface area contributed by atoms with E-state index in [2.05, 4.69) is 15.3 Å². The number of fused-ring (bicyclic) bond motifs is 1. The zero-order chi connectivity index (χ0) is 15.3. The van der Waals surface area contributed by atoms with Crippen molar-refractivity contribution in [3.63, 3.8) is 0 Å². The van der Waals surface area contributed by atoms with Gasteiger partial charge in [0.25, 0.3) is 0 Å². The molecule has 2 aliphatic carbocycles. The van der Waals surface area contributed by atoms with Crippen molar-refractivity contribution in [2.24, 2.45) is 5.92 Å². The SMILES string of the molecule is Cc1nc2c([nH]1)CC(C(=O)NC1CC(=O)N(C3CC3)C1)CC2. The van der Waals surface area contributed by atoms with Crippen molar-refractivity contribution < 1.29 is 9.59 Å². The molecule has 0 bridgehead atoms. The maximum Gasteiger partial charge on any atom is 0.225 e. The van der Waals surface area contributed by atoms with Gasteiger partial charge in [-0.25, -0.2) is 4.98 Å². The molecule has 3 aliphatic rings. The molecule has 118 valence electrons. The van der Waals surface area contributed by atoms with E-state index in [9.17, 15) is 9.59 Å². The van der Waals surface area contributed by atoms with Crippen LogP contribution >= 0.6 is 0 Å². The number of hydrogen-bond acceptors (Lipinski definition) is 3. The Balaban J connectivity index is 1.36. The second kappa shape index (κ2) is 5.11. The van der Waals surface area contributed by atoms with Crippen molar-refractivity contribution in [2.75, 3.05) is 6.54 Å². The van der Waals surface area contributed by atoms with Crippen molar-refractivity contribution >= 4 is 11.8 Å². The van der Waals surface area contributed by atoms with Crippen molar-refractivity contribution in [1.82, 2.24) is 20.2 Å². The van der Waals surface area contributed by atoms with Gasteiger partial charge < -0.3 is 15.2 Å². The van der Waals surface area contributed by atoms with E-state index in [-0.39, 0.29) is 23.8 Å². The van der Waals surface area contributed by atoms with Crippen LogP contribution in [0.1, 0.15) is 42.9 Å². The smallest absolute Gasteiger partial charge is 0.225 e. The van der Waals surface area contributed by atoms with Gasteiger partial charge in [0.2, 0.25) is 11.8 Å². The maximum atomic E-state index is 12.5. The molecule has 1 aromatic rings. The first kappa shape index (κ1) is 13.8. The summed E-state index contributed by atoms with van der Waals surface area (Å²) in [6.07, 6.45) is 5.14. The van der Waals surface area contributed by atoms with Gasteiger partial charge >= 0.3 is 0 Å². The normalized spacial score (nSPS) is 27.9. The maximum absolute atomic E-state index is 12.5. The summed E-state index contributed by atoms with van der Waals surface area (Å²) in [5.74, 6) is 1.21. The van der Waals surface area contributed by atoms with Gasteiger partial charge in [0.05, 0.1) is 11.7 Å². The van der Waals surface area contributed by atoms with Gasteiger partial charge in [0, 0.05) is 37.0 Å². The second-order valence-corrected chi connectivity index (χ2v) is 6.87. The molecule has 6 nitrogen and oxygen atoms in total. The van der Waals surface area contributed by atoms with Gasteiger partial charge in [-0.3, -0.25) is 9.59 Å². The Hall–Kier alpha value is -1.85. The number of aryl methyl sites for hydroxylation is 2. The van der Waals surface area contributed by atoms with E-state index in [1.807, 2.05) is 11.8 Å². The van der Waals surface area contributed by atoms with Gasteiger partial charge in [0.1, 0.15) is 5.82 Å². The van der Waals surface area contributed by atoms with Gasteiger partial charge in [0.15, 0.2) is 0 Å². The van der Waals surface area contributed by atoms with E-state index < -0.39 is 0 Å². The van der Waals surface area contributed by atoms with Crippen LogP contribution in [0.25, 0.3) is 0 Å². The molecule has 4 rings (SSSR count). The lowest BCUT2D eigenvalue weighted by Gasteiger charge is -2.23. The molecular formula is C16H22N4O2. The fourth-order valence-electron chi connectivity index (χ4n) is 3.73. The fourth-order valence-corrected chi connectivity index (χ4v) is 3.73. The van der Waals surface area contributed by atoms with E-state index in [0.29, 0.717) is 19.0 Å². The summed E-state index contributed by atoms with van der Waals surface area (Å²) in [4.78, 5) is 34.1. The first-order valence-corrected chi connectivity index (χ1v) is 8.24. The molecular weight excluding hydrogens is 280 g/mol. The van der Waals surface area contributed by atoms with Crippen LogP contribution in [0, 0.1) is 12.8 Å². The zero-order valence-corrected chi connectivity index (χ0v) is 12.9. The Bertz CT molecular complexity index is 620. The number of hydrogen-bond donors (Lipinski definition) is 2. The average Bonchev–Trinajstić information content (AvgIpc) is 3.15. The molecule has 1 aliphatic heterocycles. The highest BCUT2D eigenvalue weighted by Gasteiger charge is 2.40. The van der Waals surface area contributed by atoms with E-state index in [0.717, 1.165) is 49.3 Å². The molecule has 2 unspecified atom stereocenters. The fraction of sp³-hybridized carbons (Fsp3) is 0.688. The van der Waals surface area contributed by atoms with Gasteiger partial charge in [-0.15, -0.1) is 0 Å². The van der Waals surface area contributed by atoms with Crippen LogP contribution in [-0.4, -0.2) is 45.3 Å². The topological polar surface area (TPSA) is 78.1 Å². The van der Waals surface area contributed by atoms with Crippen LogP contribution in [0.15, 0.2) is 0 Å². The van der Waals surface area contributed by atoms with Crippen LogP contribution in [0.2, 0.25) is 0 Å². The summed E-state index contributed by atoms with van der Waals surface area (Å²) in [6, 6.07) is 0.435. The number of aromatic amines is 1. The number of H-pyrrole nitrogens is 1. The molecule has 1 aromatic heterocycles. The van der Waals surface area contributed by atoms with Crippen molar-refractivity contribution in [1.29, 1.82) is 0 Å². The molecule has 0 spiro atoms. The molecule has 0 radical (unpaired) electrons. The number of likely N-dealkylation sites (tertiary alicyclic amines) is 1. The van der Waals surface area contributed by atoms with Crippen LogP contribution < -0.4 is 5.32 Å². The minimum absolute atomic E-state index is 0.00238. The lowest BCUT2D eigenvalue weighted by molar-refractivity contribution is -0.128. The standard InChI is InChI=1S/C16H22N4O2/c1-9-17-13-5-2-10(6-14(13)18-9)16(22)19-11-7-15(21)20(8-11)12-3-4-12/h10-12H,2-8H2,1H3,(H,17,18)(H,19,22). The summed E-state index contributed by atoms with van der Waals surface area (Å²) in [7, 11) is 0. The summed E-state index contributed by atoms with van der Waals surface area (Å²) < 4.78 is 0. The molecule has 2 fully saturated rings. The van der Waals surface area contributed by atoms with Crippen LogP contribution in [-0.2, 0) is 22.4 Å². The zero-order valence-electron chi connectivity index (χ0n) is 12.9. The molecule has 1 saturated heterocycles. The predicted octanol–water partition coefficient (Wildman–Crippen LogP) is 0.703. The first-order chi connectivity index (χ1) is 10.6. The second-order valence-electron chi connectivity index (χ2n) is 6.87. The van der Waals surface area contributed by atoms with Crippen LogP contribution in [0.3, 0.4) is 0 Å². The third kappa shape index (κ3) is 2.51. The van der Waals surface area contributed by atoms with Gasteiger partial charge in [-0.05, 0) is 32.6 Å². The van der Waals surface area contributed by atoms with Crippen LogP contribution in [0.5, 0.6) is 0 Å². The largest absolute Gasteiger partial charge is 0.351 e.